The molecule has 156 valence electrons. The number of rotatable bonds is 6. The number of aryl methyl sites for hydroxylation is 1. The van der Waals surface area contributed by atoms with Gasteiger partial charge in [0.05, 0.1) is 18.5 Å². The lowest BCUT2D eigenvalue weighted by Gasteiger charge is -2.23. The fourth-order valence-electron chi connectivity index (χ4n) is 2.86. The van der Waals surface area contributed by atoms with Crippen LogP contribution in [0.4, 0.5) is 11.4 Å². The molecule has 0 radical (unpaired) electrons. The molecule has 0 unspecified atom stereocenters. The van der Waals surface area contributed by atoms with Crippen molar-refractivity contribution in [2.24, 2.45) is 0 Å². The summed E-state index contributed by atoms with van der Waals surface area (Å²) in [5.41, 5.74) is 3.16. The molecule has 3 aromatic rings. The van der Waals surface area contributed by atoms with Gasteiger partial charge in [-0.25, -0.2) is 8.42 Å². The van der Waals surface area contributed by atoms with Crippen molar-refractivity contribution in [2.75, 3.05) is 15.9 Å². The maximum Gasteiger partial charge on any atom is 0.255 e. The zero-order valence-corrected chi connectivity index (χ0v) is 18.7. The molecule has 5 nitrogen and oxygen atoms in total. The SMILES string of the molecule is Cc1ccc(Cl)cc1NC(=O)c1ccc(N(Cc2ccc(Cl)cc2)S(C)(=O)=O)cc1. The third-order valence-corrected chi connectivity index (χ3v) is 6.13. The topological polar surface area (TPSA) is 66.5 Å². The molecule has 1 N–H and O–H groups in total. The van der Waals surface area contributed by atoms with E-state index in [4.69, 9.17) is 23.2 Å². The molecule has 0 atom stereocenters. The molecule has 8 heteroatoms. The molecule has 0 aliphatic rings. The van der Waals surface area contributed by atoms with Gasteiger partial charge in [0.1, 0.15) is 0 Å². The van der Waals surface area contributed by atoms with Gasteiger partial charge in [-0.05, 0) is 66.6 Å². The number of sulfonamides is 1. The number of hydrogen-bond donors (Lipinski definition) is 1. The third kappa shape index (κ3) is 5.53. The third-order valence-electron chi connectivity index (χ3n) is 4.51. The van der Waals surface area contributed by atoms with E-state index in [2.05, 4.69) is 5.32 Å². The molecule has 0 fully saturated rings. The van der Waals surface area contributed by atoms with Gasteiger partial charge in [-0.3, -0.25) is 9.10 Å². The van der Waals surface area contributed by atoms with Gasteiger partial charge >= 0.3 is 0 Å². The molecule has 0 spiro atoms. The fraction of sp³-hybridized carbons (Fsp3) is 0.136. The summed E-state index contributed by atoms with van der Waals surface area (Å²) in [6.45, 7) is 2.03. The van der Waals surface area contributed by atoms with E-state index in [1.165, 1.54) is 4.31 Å². The van der Waals surface area contributed by atoms with Crippen LogP contribution in [0.15, 0.2) is 66.7 Å². The average Bonchev–Trinajstić information content (AvgIpc) is 2.69. The Morgan fingerprint density at radius 1 is 0.933 bits per heavy atom. The van der Waals surface area contributed by atoms with Crippen molar-refractivity contribution in [3.63, 3.8) is 0 Å². The van der Waals surface area contributed by atoms with E-state index in [9.17, 15) is 13.2 Å². The Kier molecular flexibility index (Phi) is 6.71. The summed E-state index contributed by atoms with van der Waals surface area (Å²) >= 11 is 11.9. The van der Waals surface area contributed by atoms with Crippen LogP contribution in [0.5, 0.6) is 0 Å². The molecule has 0 bridgehead atoms. The minimum atomic E-state index is -3.53. The monoisotopic (exact) mass is 462 g/mol. The number of amides is 1. The highest BCUT2D eigenvalue weighted by Gasteiger charge is 2.18. The predicted molar refractivity (Wildman–Crippen MR) is 123 cm³/mol. The maximum atomic E-state index is 12.6. The second-order valence-corrected chi connectivity index (χ2v) is 9.64. The number of anilines is 2. The largest absolute Gasteiger partial charge is 0.322 e. The zero-order chi connectivity index (χ0) is 21.9. The highest BCUT2D eigenvalue weighted by atomic mass is 35.5. The molecule has 0 aliphatic carbocycles. The molecular formula is C22H20Cl2N2O3S. The number of benzene rings is 3. The highest BCUT2D eigenvalue weighted by molar-refractivity contribution is 7.92. The maximum absolute atomic E-state index is 12.6. The summed E-state index contributed by atoms with van der Waals surface area (Å²) < 4.78 is 26.0. The molecule has 0 aromatic heterocycles. The number of halogens is 2. The Morgan fingerprint density at radius 2 is 1.53 bits per heavy atom. The molecular weight excluding hydrogens is 443 g/mol. The van der Waals surface area contributed by atoms with Gasteiger partial charge in [0, 0.05) is 21.3 Å². The van der Waals surface area contributed by atoms with E-state index < -0.39 is 10.0 Å². The van der Waals surface area contributed by atoms with Gasteiger partial charge in [0.15, 0.2) is 0 Å². The average molecular weight is 463 g/mol. The van der Waals surface area contributed by atoms with Gasteiger partial charge in [0.2, 0.25) is 10.0 Å². The van der Waals surface area contributed by atoms with E-state index in [-0.39, 0.29) is 12.5 Å². The first kappa shape index (κ1) is 22.2. The lowest BCUT2D eigenvalue weighted by atomic mass is 10.1. The molecule has 0 aliphatic heterocycles. The van der Waals surface area contributed by atoms with Crippen LogP contribution in [-0.2, 0) is 16.6 Å². The molecule has 3 rings (SSSR count). The number of nitrogens with zero attached hydrogens (tertiary/aromatic N) is 1. The van der Waals surface area contributed by atoms with Crippen molar-refractivity contribution in [2.45, 2.75) is 13.5 Å². The predicted octanol–water partition coefficient (Wildman–Crippen LogP) is 5.52. The summed E-state index contributed by atoms with van der Waals surface area (Å²) in [6.07, 6.45) is 1.14. The minimum Gasteiger partial charge on any atom is -0.322 e. The van der Waals surface area contributed by atoms with Crippen molar-refractivity contribution in [1.29, 1.82) is 0 Å². The Morgan fingerprint density at radius 3 is 2.13 bits per heavy atom. The quantitative estimate of drug-likeness (QED) is 0.524. The molecule has 1 amide bonds. The first-order chi connectivity index (χ1) is 14.1. The number of hydrogen-bond acceptors (Lipinski definition) is 3. The van der Waals surface area contributed by atoms with Crippen LogP contribution in [0.25, 0.3) is 0 Å². The van der Waals surface area contributed by atoms with Crippen LogP contribution in [0.3, 0.4) is 0 Å². The van der Waals surface area contributed by atoms with Crippen LogP contribution in [0.1, 0.15) is 21.5 Å². The second-order valence-electron chi connectivity index (χ2n) is 6.86. The molecule has 0 saturated heterocycles. The molecule has 0 heterocycles. The highest BCUT2D eigenvalue weighted by Crippen LogP contribution is 2.24. The Labute approximate surface area is 186 Å². The van der Waals surface area contributed by atoms with Crippen LogP contribution in [0, 0.1) is 6.92 Å². The summed E-state index contributed by atoms with van der Waals surface area (Å²) in [5, 5.41) is 3.93. The Bertz CT molecular complexity index is 1160. The first-order valence-corrected chi connectivity index (χ1v) is 11.6. The van der Waals surface area contributed by atoms with E-state index >= 15 is 0 Å². The molecule has 3 aromatic carbocycles. The Balaban J connectivity index is 1.81. The van der Waals surface area contributed by atoms with Gasteiger partial charge in [-0.15, -0.1) is 0 Å². The van der Waals surface area contributed by atoms with Crippen molar-refractivity contribution in [3.05, 3.63) is 93.5 Å². The fourth-order valence-corrected chi connectivity index (χ4v) is 4.04. The first-order valence-electron chi connectivity index (χ1n) is 9.03. The minimum absolute atomic E-state index is 0.156. The van der Waals surface area contributed by atoms with E-state index in [0.717, 1.165) is 17.4 Å². The zero-order valence-electron chi connectivity index (χ0n) is 16.4. The normalized spacial score (nSPS) is 11.2. The van der Waals surface area contributed by atoms with Crippen molar-refractivity contribution < 1.29 is 13.2 Å². The van der Waals surface area contributed by atoms with Crippen LogP contribution in [0.2, 0.25) is 10.0 Å². The van der Waals surface area contributed by atoms with Gasteiger partial charge < -0.3 is 5.32 Å². The van der Waals surface area contributed by atoms with Crippen molar-refractivity contribution in [1.82, 2.24) is 0 Å². The van der Waals surface area contributed by atoms with Crippen molar-refractivity contribution >= 4 is 50.5 Å². The van der Waals surface area contributed by atoms with E-state index in [0.29, 0.717) is 27.0 Å². The number of carbonyl (C=O) groups is 1. The van der Waals surface area contributed by atoms with Crippen LogP contribution in [-0.4, -0.2) is 20.6 Å². The second kappa shape index (κ2) is 9.08. The number of carbonyl (C=O) groups excluding carboxylic acids is 1. The van der Waals surface area contributed by atoms with Crippen LogP contribution < -0.4 is 9.62 Å². The van der Waals surface area contributed by atoms with Gasteiger partial charge in [-0.2, -0.15) is 0 Å². The van der Waals surface area contributed by atoms with E-state index in [1.54, 1.807) is 60.7 Å². The summed E-state index contributed by atoms with van der Waals surface area (Å²) in [4.78, 5) is 12.6. The smallest absolute Gasteiger partial charge is 0.255 e. The van der Waals surface area contributed by atoms with Gasteiger partial charge in [0.25, 0.3) is 5.91 Å². The Hall–Kier alpha value is -2.54. The summed E-state index contributed by atoms with van der Waals surface area (Å²) in [6, 6.07) is 18.6. The lowest BCUT2D eigenvalue weighted by molar-refractivity contribution is 0.102. The lowest BCUT2D eigenvalue weighted by Crippen LogP contribution is -2.29. The van der Waals surface area contributed by atoms with E-state index in [1.807, 2.05) is 13.0 Å². The number of nitrogens with one attached hydrogen (secondary N) is 1. The standard InChI is InChI=1S/C22H20Cl2N2O3S/c1-15-3-8-19(24)13-21(15)25-22(27)17-6-11-20(12-7-17)26(30(2,28)29)14-16-4-9-18(23)10-5-16/h3-13H,14H2,1-2H3,(H,25,27). The van der Waals surface area contributed by atoms with Crippen molar-refractivity contribution in [3.8, 4) is 0 Å². The summed E-state index contributed by atoms with van der Waals surface area (Å²) in [5.74, 6) is -0.310. The van der Waals surface area contributed by atoms with Crippen LogP contribution >= 0.6 is 23.2 Å². The molecule has 0 saturated carbocycles. The molecule has 30 heavy (non-hydrogen) atoms. The summed E-state index contributed by atoms with van der Waals surface area (Å²) in [7, 11) is -3.53. The van der Waals surface area contributed by atoms with Gasteiger partial charge in [-0.1, -0.05) is 41.4 Å².